The van der Waals surface area contributed by atoms with E-state index in [-0.39, 0.29) is 24.5 Å². The van der Waals surface area contributed by atoms with Gasteiger partial charge in [-0.25, -0.2) is 4.98 Å². The number of ether oxygens (including phenoxy) is 2. The Balaban J connectivity index is 1.59. The molecule has 170 valence electrons. The molecule has 1 heterocycles. The van der Waals surface area contributed by atoms with Crippen molar-refractivity contribution in [3.05, 3.63) is 59.0 Å². The predicted molar refractivity (Wildman–Crippen MR) is 126 cm³/mol. The number of amides is 2. The molecule has 0 saturated heterocycles. The Morgan fingerprint density at radius 2 is 1.91 bits per heavy atom. The zero-order valence-corrected chi connectivity index (χ0v) is 19.4. The van der Waals surface area contributed by atoms with Gasteiger partial charge in [0.15, 0.2) is 23.2 Å². The molecule has 1 atom stereocenters. The second kappa shape index (κ2) is 11.1. The molecule has 1 aromatic heterocycles. The standard InChI is InChI=1S/C24H24N4O4S/c1-4-31-22-11-17(12-25)5-10-21(22)32-13-23(30)28-24-27-20(14-33-24)19-8-6-18(7-9-19)15(2)26-16(3)29/h5-11,14-15H,4,13H2,1-3H3,(H,26,29)(H,27,28,30)/t15-/m1/s1. The first-order chi connectivity index (χ1) is 15.9. The number of hydrogen-bond donors (Lipinski definition) is 2. The molecule has 9 heteroatoms. The maximum Gasteiger partial charge on any atom is 0.264 e. The van der Waals surface area contributed by atoms with Gasteiger partial charge >= 0.3 is 0 Å². The monoisotopic (exact) mass is 464 g/mol. The summed E-state index contributed by atoms with van der Waals surface area (Å²) in [7, 11) is 0. The van der Waals surface area contributed by atoms with Crippen LogP contribution in [0.2, 0.25) is 0 Å². The smallest absolute Gasteiger partial charge is 0.264 e. The van der Waals surface area contributed by atoms with E-state index in [1.165, 1.54) is 18.3 Å². The number of hydrogen-bond acceptors (Lipinski definition) is 7. The lowest BCUT2D eigenvalue weighted by molar-refractivity contribution is -0.119. The van der Waals surface area contributed by atoms with Gasteiger partial charge in [0.2, 0.25) is 5.91 Å². The Morgan fingerprint density at radius 1 is 1.15 bits per heavy atom. The molecule has 2 aromatic carbocycles. The van der Waals surface area contributed by atoms with Crippen LogP contribution in [-0.4, -0.2) is 30.0 Å². The van der Waals surface area contributed by atoms with Crippen LogP contribution in [0.25, 0.3) is 11.3 Å². The van der Waals surface area contributed by atoms with Gasteiger partial charge in [-0.15, -0.1) is 11.3 Å². The van der Waals surface area contributed by atoms with E-state index >= 15 is 0 Å². The number of nitriles is 1. The van der Waals surface area contributed by atoms with Gasteiger partial charge in [0.05, 0.1) is 30.0 Å². The van der Waals surface area contributed by atoms with Gasteiger partial charge in [-0.05, 0) is 31.5 Å². The molecule has 0 aliphatic carbocycles. The number of nitrogens with zero attached hydrogens (tertiary/aromatic N) is 2. The summed E-state index contributed by atoms with van der Waals surface area (Å²) >= 11 is 1.31. The molecule has 33 heavy (non-hydrogen) atoms. The number of benzene rings is 2. The third-order valence-corrected chi connectivity index (χ3v) is 5.37. The quantitative estimate of drug-likeness (QED) is 0.488. The first-order valence-corrected chi connectivity index (χ1v) is 11.2. The fraction of sp³-hybridized carbons (Fsp3) is 0.250. The van der Waals surface area contributed by atoms with Crippen LogP contribution < -0.4 is 20.1 Å². The van der Waals surface area contributed by atoms with Crippen LogP contribution in [0, 0.1) is 11.3 Å². The zero-order chi connectivity index (χ0) is 23.8. The maximum atomic E-state index is 12.3. The second-order valence-electron chi connectivity index (χ2n) is 7.13. The highest BCUT2D eigenvalue weighted by Gasteiger charge is 2.12. The highest BCUT2D eigenvalue weighted by molar-refractivity contribution is 7.14. The van der Waals surface area contributed by atoms with Crippen molar-refractivity contribution in [2.45, 2.75) is 26.8 Å². The average molecular weight is 465 g/mol. The molecule has 3 aromatic rings. The summed E-state index contributed by atoms with van der Waals surface area (Å²) in [4.78, 5) is 28.0. The van der Waals surface area contributed by atoms with Crippen molar-refractivity contribution < 1.29 is 19.1 Å². The van der Waals surface area contributed by atoms with E-state index in [9.17, 15) is 9.59 Å². The topological polar surface area (TPSA) is 113 Å². The van der Waals surface area contributed by atoms with E-state index in [4.69, 9.17) is 14.7 Å². The summed E-state index contributed by atoms with van der Waals surface area (Å²) in [6.07, 6.45) is 0. The van der Waals surface area contributed by atoms with Crippen LogP contribution in [0.1, 0.15) is 37.9 Å². The number of nitrogens with one attached hydrogen (secondary N) is 2. The van der Waals surface area contributed by atoms with Crippen molar-refractivity contribution >= 4 is 28.3 Å². The molecular weight excluding hydrogens is 440 g/mol. The number of rotatable bonds is 9. The van der Waals surface area contributed by atoms with Crippen molar-refractivity contribution in [2.24, 2.45) is 0 Å². The number of aromatic nitrogens is 1. The predicted octanol–water partition coefficient (Wildman–Crippen LogP) is 4.30. The molecule has 0 aliphatic rings. The van der Waals surface area contributed by atoms with Crippen LogP contribution in [0.15, 0.2) is 47.8 Å². The van der Waals surface area contributed by atoms with Crippen molar-refractivity contribution in [1.82, 2.24) is 10.3 Å². The fourth-order valence-electron chi connectivity index (χ4n) is 3.06. The zero-order valence-electron chi connectivity index (χ0n) is 18.5. The summed E-state index contributed by atoms with van der Waals surface area (Å²) < 4.78 is 11.1. The number of carbonyl (C=O) groups excluding carboxylic acids is 2. The van der Waals surface area contributed by atoms with E-state index in [1.807, 2.05) is 49.6 Å². The third kappa shape index (κ3) is 6.54. The van der Waals surface area contributed by atoms with Crippen LogP contribution in [0.5, 0.6) is 11.5 Å². The van der Waals surface area contributed by atoms with E-state index in [1.54, 1.807) is 18.2 Å². The lowest BCUT2D eigenvalue weighted by Crippen LogP contribution is -2.23. The van der Waals surface area contributed by atoms with Gasteiger partial charge in [-0.3, -0.25) is 14.9 Å². The average Bonchev–Trinajstić information content (AvgIpc) is 3.26. The normalized spacial score (nSPS) is 11.2. The molecule has 0 fully saturated rings. The summed E-state index contributed by atoms with van der Waals surface area (Å²) in [5.74, 6) is 0.363. The Hall–Kier alpha value is -3.90. The minimum absolute atomic E-state index is 0.0799. The van der Waals surface area contributed by atoms with Crippen LogP contribution >= 0.6 is 11.3 Å². The number of thiazole rings is 1. The first kappa shape index (κ1) is 23.8. The van der Waals surface area contributed by atoms with Gasteiger partial charge in [-0.1, -0.05) is 24.3 Å². The minimum atomic E-state index is -0.359. The molecule has 0 unspecified atom stereocenters. The summed E-state index contributed by atoms with van der Waals surface area (Å²) in [6, 6.07) is 14.5. The van der Waals surface area contributed by atoms with Gasteiger partial charge in [-0.2, -0.15) is 5.26 Å². The van der Waals surface area contributed by atoms with Crippen molar-refractivity contribution in [3.63, 3.8) is 0 Å². The van der Waals surface area contributed by atoms with E-state index in [0.29, 0.717) is 28.8 Å². The van der Waals surface area contributed by atoms with Crippen LogP contribution in [0.3, 0.4) is 0 Å². The Kier molecular flexibility index (Phi) is 8.00. The highest BCUT2D eigenvalue weighted by Crippen LogP contribution is 2.29. The Labute approximate surface area is 196 Å². The summed E-state index contributed by atoms with van der Waals surface area (Å²) in [5, 5.41) is 16.9. The molecular formula is C24H24N4O4S. The van der Waals surface area contributed by atoms with Gasteiger partial charge in [0, 0.05) is 23.9 Å². The lowest BCUT2D eigenvalue weighted by Gasteiger charge is -2.13. The van der Waals surface area contributed by atoms with Crippen LogP contribution in [-0.2, 0) is 9.59 Å². The van der Waals surface area contributed by atoms with Gasteiger partial charge < -0.3 is 14.8 Å². The number of anilines is 1. The molecule has 0 bridgehead atoms. The van der Waals surface area contributed by atoms with E-state index in [2.05, 4.69) is 15.6 Å². The molecule has 0 saturated carbocycles. The van der Waals surface area contributed by atoms with E-state index < -0.39 is 0 Å². The largest absolute Gasteiger partial charge is 0.490 e. The molecule has 3 rings (SSSR count). The van der Waals surface area contributed by atoms with Gasteiger partial charge in [0.1, 0.15) is 0 Å². The molecule has 0 radical (unpaired) electrons. The molecule has 0 spiro atoms. The van der Waals surface area contributed by atoms with Crippen molar-refractivity contribution in [3.8, 4) is 28.8 Å². The first-order valence-electron chi connectivity index (χ1n) is 10.3. The molecule has 2 amide bonds. The maximum absolute atomic E-state index is 12.3. The molecule has 8 nitrogen and oxygen atoms in total. The van der Waals surface area contributed by atoms with Crippen molar-refractivity contribution in [2.75, 3.05) is 18.5 Å². The number of carbonyl (C=O) groups is 2. The summed E-state index contributed by atoms with van der Waals surface area (Å²) in [5.41, 5.74) is 3.08. The SMILES string of the molecule is CCOc1cc(C#N)ccc1OCC(=O)Nc1nc(-c2ccc([C@@H](C)NC(C)=O)cc2)cs1. The molecule has 0 aliphatic heterocycles. The Morgan fingerprint density at radius 3 is 2.58 bits per heavy atom. The minimum Gasteiger partial charge on any atom is -0.490 e. The van der Waals surface area contributed by atoms with E-state index in [0.717, 1.165) is 16.8 Å². The molecule has 2 N–H and O–H groups in total. The van der Waals surface area contributed by atoms with Gasteiger partial charge in [0.25, 0.3) is 5.91 Å². The van der Waals surface area contributed by atoms with Crippen molar-refractivity contribution in [1.29, 1.82) is 5.26 Å². The lowest BCUT2D eigenvalue weighted by atomic mass is 10.1. The third-order valence-electron chi connectivity index (χ3n) is 4.61. The second-order valence-corrected chi connectivity index (χ2v) is 7.98. The Bertz CT molecular complexity index is 1170. The summed E-state index contributed by atoms with van der Waals surface area (Å²) in [6.45, 7) is 5.42. The fourth-order valence-corrected chi connectivity index (χ4v) is 3.79. The van der Waals surface area contributed by atoms with Crippen LogP contribution in [0.4, 0.5) is 5.13 Å². The highest BCUT2D eigenvalue weighted by atomic mass is 32.1.